The third-order valence-electron chi connectivity index (χ3n) is 5.45. The van der Waals surface area contributed by atoms with Gasteiger partial charge < -0.3 is 24.8 Å². The predicted octanol–water partition coefficient (Wildman–Crippen LogP) is 2.85. The average molecular weight is 435 g/mol. The van der Waals surface area contributed by atoms with Gasteiger partial charge in [0.2, 0.25) is 5.91 Å². The first-order valence-electron chi connectivity index (χ1n) is 10.9. The highest BCUT2D eigenvalue weighted by Gasteiger charge is 2.45. The van der Waals surface area contributed by atoms with Crippen molar-refractivity contribution in [3.63, 3.8) is 0 Å². The summed E-state index contributed by atoms with van der Waals surface area (Å²) >= 11 is 0. The molecular formula is C23H34N2O6. The molecule has 31 heavy (non-hydrogen) atoms. The van der Waals surface area contributed by atoms with Crippen LogP contribution in [0.1, 0.15) is 45.6 Å². The summed E-state index contributed by atoms with van der Waals surface area (Å²) in [4.78, 5) is 37.7. The van der Waals surface area contributed by atoms with Gasteiger partial charge in [-0.1, -0.05) is 44.2 Å². The molecule has 2 N–H and O–H groups in total. The van der Waals surface area contributed by atoms with E-state index in [1.807, 2.05) is 44.2 Å². The predicted molar refractivity (Wildman–Crippen MR) is 116 cm³/mol. The van der Waals surface area contributed by atoms with Crippen LogP contribution in [0.3, 0.4) is 0 Å². The number of esters is 1. The van der Waals surface area contributed by atoms with Crippen LogP contribution < -0.4 is 5.32 Å². The monoisotopic (exact) mass is 434 g/mol. The number of ether oxygens (including phenoxy) is 2. The second-order valence-corrected chi connectivity index (χ2v) is 8.38. The number of likely N-dealkylation sites (tertiary alicyclic amines) is 1. The number of carboxylic acid groups (broad SMARTS) is 1. The van der Waals surface area contributed by atoms with Gasteiger partial charge in [-0.3, -0.25) is 9.59 Å². The second kappa shape index (κ2) is 11.7. The molecule has 0 aliphatic carbocycles. The molecule has 172 valence electrons. The quantitative estimate of drug-likeness (QED) is 0.519. The Bertz CT molecular complexity index is 739. The van der Waals surface area contributed by atoms with E-state index < -0.39 is 29.6 Å². The number of hydrogen-bond acceptors (Lipinski definition) is 5. The fraction of sp³-hybridized carbons (Fsp3) is 0.609. The number of rotatable bonds is 11. The highest BCUT2D eigenvalue weighted by Crippen LogP contribution is 2.34. The van der Waals surface area contributed by atoms with Crippen molar-refractivity contribution in [1.29, 1.82) is 0 Å². The summed E-state index contributed by atoms with van der Waals surface area (Å²) in [5.74, 6) is -0.716. The minimum absolute atomic E-state index is 0.110. The topological polar surface area (TPSA) is 105 Å². The summed E-state index contributed by atoms with van der Waals surface area (Å²) in [6.07, 6.45) is 0.615. The highest BCUT2D eigenvalue weighted by atomic mass is 16.5. The van der Waals surface area contributed by atoms with Crippen molar-refractivity contribution in [1.82, 2.24) is 10.2 Å². The molecule has 2 atom stereocenters. The zero-order chi connectivity index (χ0) is 22.9. The molecule has 1 aromatic carbocycles. The van der Waals surface area contributed by atoms with E-state index in [-0.39, 0.29) is 25.7 Å². The molecule has 0 saturated carbocycles. The van der Waals surface area contributed by atoms with Gasteiger partial charge in [0.15, 0.2) is 0 Å². The summed E-state index contributed by atoms with van der Waals surface area (Å²) < 4.78 is 10.9. The Hall–Kier alpha value is -2.61. The molecular weight excluding hydrogens is 400 g/mol. The standard InChI is InChI=1S/C23H34N2O6/c1-4-30-20(26)15-24-21(27)19(13-17(2)3)31-16-23(11-8-12-25(23)22(28)29)14-18-9-6-5-7-10-18/h5-7,9-10,17,19H,4,8,11-16H2,1-3H3,(H,24,27)(H,28,29)/t19?,23-/m0/s1. The molecule has 0 bridgehead atoms. The van der Waals surface area contributed by atoms with Gasteiger partial charge in [0.1, 0.15) is 12.6 Å². The Kier molecular flexibility index (Phi) is 9.30. The van der Waals surface area contributed by atoms with Crippen molar-refractivity contribution in [3.8, 4) is 0 Å². The average Bonchev–Trinajstić information content (AvgIpc) is 3.14. The Morgan fingerprint density at radius 2 is 1.94 bits per heavy atom. The summed E-state index contributed by atoms with van der Waals surface area (Å²) in [5, 5.41) is 12.4. The Morgan fingerprint density at radius 1 is 1.23 bits per heavy atom. The van der Waals surface area contributed by atoms with Crippen LogP contribution >= 0.6 is 0 Å². The van der Waals surface area contributed by atoms with E-state index in [1.165, 1.54) is 4.90 Å². The largest absolute Gasteiger partial charge is 0.465 e. The second-order valence-electron chi connectivity index (χ2n) is 8.38. The summed E-state index contributed by atoms with van der Waals surface area (Å²) in [5.41, 5.74) is 0.288. The zero-order valence-corrected chi connectivity index (χ0v) is 18.6. The van der Waals surface area contributed by atoms with Gasteiger partial charge in [0, 0.05) is 6.54 Å². The van der Waals surface area contributed by atoms with Crippen LogP contribution in [0.25, 0.3) is 0 Å². The molecule has 1 aliphatic rings. The fourth-order valence-corrected chi connectivity index (χ4v) is 4.02. The van der Waals surface area contributed by atoms with Gasteiger partial charge in [0.05, 0.1) is 18.8 Å². The lowest BCUT2D eigenvalue weighted by Crippen LogP contribution is -2.53. The maximum atomic E-state index is 12.7. The highest BCUT2D eigenvalue weighted by molar-refractivity contribution is 5.85. The van der Waals surface area contributed by atoms with Gasteiger partial charge in [-0.15, -0.1) is 0 Å². The van der Waals surface area contributed by atoms with Crippen LogP contribution in [-0.4, -0.2) is 65.9 Å². The van der Waals surface area contributed by atoms with Crippen molar-refractivity contribution >= 4 is 18.0 Å². The maximum absolute atomic E-state index is 12.7. The van der Waals surface area contributed by atoms with E-state index in [9.17, 15) is 19.5 Å². The van der Waals surface area contributed by atoms with Gasteiger partial charge >= 0.3 is 12.1 Å². The van der Waals surface area contributed by atoms with Gasteiger partial charge in [-0.25, -0.2) is 4.79 Å². The lowest BCUT2D eigenvalue weighted by Gasteiger charge is -2.38. The van der Waals surface area contributed by atoms with E-state index in [4.69, 9.17) is 9.47 Å². The number of amides is 2. The number of hydrogen-bond donors (Lipinski definition) is 2. The van der Waals surface area contributed by atoms with Crippen LogP contribution in [0.5, 0.6) is 0 Å². The first kappa shape index (κ1) is 24.7. The van der Waals surface area contributed by atoms with Crippen molar-refractivity contribution in [2.75, 3.05) is 26.3 Å². The minimum Gasteiger partial charge on any atom is -0.465 e. The number of nitrogens with zero attached hydrogens (tertiary/aromatic N) is 1. The first-order valence-corrected chi connectivity index (χ1v) is 10.9. The van der Waals surface area contributed by atoms with Crippen LogP contribution in [0.2, 0.25) is 0 Å². The zero-order valence-electron chi connectivity index (χ0n) is 18.6. The third kappa shape index (κ3) is 7.24. The van der Waals surface area contributed by atoms with Crippen molar-refractivity contribution in [2.45, 2.75) is 58.1 Å². The van der Waals surface area contributed by atoms with E-state index in [0.717, 1.165) is 12.0 Å². The van der Waals surface area contributed by atoms with Gasteiger partial charge in [-0.05, 0) is 44.1 Å². The number of nitrogens with one attached hydrogen (secondary N) is 1. The number of benzene rings is 1. The van der Waals surface area contributed by atoms with E-state index in [1.54, 1.807) is 6.92 Å². The molecule has 1 fully saturated rings. The molecule has 0 aromatic heterocycles. The molecule has 0 radical (unpaired) electrons. The first-order chi connectivity index (χ1) is 14.8. The Balaban J connectivity index is 2.14. The lowest BCUT2D eigenvalue weighted by molar-refractivity contribution is -0.146. The number of carbonyl (C=O) groups is 3. The molecule has 8 nitrogen and oxygen atoms in total. The van der Waals surface area contributed by atoms with Crippen LogP contribution in [0.4, 0.5) is 4.79 Å². The van der Waals surface area contributed by atoms with Crippen LogP contribution in [0.15, 0.2) is 30.3 Å². The fourth-order valence-electron chi connectivity index (χ4n) is 4.02. The Labute approximate surface area is 183 Å². The SMILES string of the molecule is CCOC(=O)CNC(=O)C(CC(C)C)OC[C@@]1(Cc2ccccc2)CCCN1C(=O)O. The third-order valence-corrected chi connectivity index (χ3v) is 5.45. The minimum atomic E-state index is -0.982. The van der Waals surface area contributed by atoms with Gasteiger partial charge in [0.25, 0.3) is 0 Å². The maximum Gasteiger partial charge on any atom is 0.407 e. The van der Waals surface area contributed by atoms with Crippen LogP contribution in [-0.2, 0) is 25.5 Å². The molecule has 8 heteroatoms. The smallest absolute Gasteiger partial charge is 0.407 e. The molecule has 2 amide bonds. The lowest BCUT2D eigenvalue weighted by atomic mass is 9.88. The molecule has 1 heterocycles. The summed E-state index contributed by atoms with van der Waals surface area (Å²) in [6.45, 7) is 6.23. The summed E-state index contributed by atoms with van der Waals surface area (Å²) in [6, 6.07) is 9.71. The Morgan fingerprint density at radius 3 is 2.55 bits per heavy atom. The van der Waals surface area contributed by atoms with Crippen molar-refractivity contribution in [3.05, 3.63) is 35.9 Å². The molecule has 0 spiro atoms. The van der Waals surface area contributed by atoms with Gasteiger partial charge in [-0.2, -0.15) is 0 Å². The molecule has 1 unspecified atom stereocenters. The molecule has 1 saturated heterocycles. The normalized spacial score (nSPS) is 19.3. The van der Waals surface area contributed by atoms with Crippen molar-refractivity contribution in [2.24, 2.45) is 5.92 Å². The molecule has 1 aliphatic heterocycles. The molecule has 1 aromatic rings. The van der Waals surface area contributed by atoms with E-state index >= 15 is 0 Å². The number of carbonyl (C=O) groups excluding carboxylic acids is 2. The van der Waals surface area contributed by atoms with E-state index in [0.29, 0.717) is 25.8 Å². The van der Waals surface area contributed by atoms with Crippen molar-refractivity contribution < 1.29 is 29.0 Å². The molecule has 2 rings (SSSR count). The van der Waals surface area contributed by atoms with Crippen LogP contribution in [0, 0.1) is 5.92 Å². The summed E-state index contributed by atoms with van der Waals surface area (Å²) in [7, 11) is 0. The van der Waals surface area contributed by atoms with E-state index in [2.05, 4.69) is 5.32 Å².